The maximum absolute atomic E-state index is 10.8. The van der Waals surface area contributed by atoms with Crippen molar-refractivity contribution in [3.63, 3.8) is 0 Å². The Kier molecular flexibility index (Phi) is 6.04. The lowest BCUT2D eigenvalue weighted by Gasteiger charge is -2.23. The maximum atomic E-state index is 10.8. The van der Waals surface area contributed by atoms with Crippen LogP contribution in [-0.2, 0) is 14.9 Å². The second-order valence-electron chi connectivity index (χ2n) is 3.30. The molecule has 0 aliphatic rings. The van der Waals surface area contributed by atoms with Crippen LogP contribution < -0.4 is 5.32 Å². The molecule has 5 nitrogen and oxygen atoms in total. The van der Waals surface area contributed by atoms with E-state index in [0.717, 1.165) is 6.08 Å². The maximum Gasteiger partial charge on any atom is 0.267 e. The number of hydrogen-bond donors (Lipinski definition) is 2. The van der Waals surface area contributed by atoms with Gasteiger partial charge in [0.15, 0.2) is 0 Å². The molecule has 0 atom stereocenters. The predicted octanol–water partition coefficient (Wildman–Crippen LogP) is 0.377. The molecule has 0 aromatic carbocycles. The van der Waals surface area contributed by atoms with Crippen molar-refractivity contribution in [1.29, 1.82) is 0 Å². The van der Waals surface area contributed by atoms with Crippen molar-refractivity contribution >= 4 is 28.4 Å². The van der Waals surface area contributed by atoms with Crippen molar-refractivity contribution in [2.45, 2.75) is 19.4 Å². The fourth-order valence-corrected chi connectivity index (χ4v) is 1.86. The molecule has 0 spiro atoms. The van der Waals surface area contributed by atoms with Crippen LogP contribution in [0.3, 0.4) is 0 Å². The van der Waals surface area contributed by atoms with E-state index in [4.69, 9.17) is 4.55 Å². The fourth-order valence-electron chi connectivity index (χ4n) is 0.877. The minimum atomic E-state index is -4.08. The number of rotatable bonds is 4. The first-order valence-electron chi connectivity index (χ1n) is 3.56. The molecule has 0 fully saturated rings. The second-order valence-corrected chi connectivity index (χ2v) is 4.76. The molecular weight excluding hydrogens is 230 g/mol. The zero-order valence-electron chi connectivity index (χ0n) is 7.98. The standard InChI is InChI=1S/C7H13NO4S.ClH/c1-4-6(9)8-7(2,3)5-13(10,11)12;/h4H,1,5H2,2-3H3,(H,8,9)(H,10,11,12);1H. The summed E-state index contributed by atoms with van der Waals surface area (Å²) in [6.45, 7) is 6.19. The van der Waals surface area contributed by atoms with Crippen molar-refractivity contribution in [3.05, 3.63) is 12.7 Å². The Balaban J connectivity index is 0. The fraction of sp³-hybridized carbons (Fsp3) is 0.571. The molecule has 0 bridgehead atoms. The molecule has 0 radical (unpaired) electrons. The third-order valence-electron chi connectivity index (χ3n) is 1.19. The van der Waals surface area contributed by atoms with Gasteiger partial charge in [0.2, 0.25) is 5.91 Å². The van der Waals surface area contributed by atoms with Gasteiger partial charge in [0.25, 0.3) is 10.1 Å². The highest BCUT2D eigenvalue weighted by atomic mass is 35.5. The average Bonchev–Trinajstić information content (AvgIpc) is 1.80. The molecule has 0 saturated heterocycles. The summed E-state index contributed by atoms with van der Waals surface area (Å²) in [5.74, 6) is -1.01. The summed E-state index contributed by atoms with van der Waals surface area (Å²) in [6, 6.07) is 0. The van der Waals surface area contributed by atoms with Gasteiger partial charge in [-0.2, -0.15) is 8.42 Å². The molecular formula is C7H14ClNO4S. The minimum absolute atomic E-state index is 0. The SMILES string of the molecule is C=CC(=O)NC(C)(C)CS(=O)(=O)O.Cl. The van der Waals surface area contributed by atoms with Crippen LogP contribution in [0.25, 0.3) is 0 Å². The zero-order valence-corrected chi connectivity index (χ0v) is 9.61. The summed E-state index contributed by atoms with van der Waals surface area (Å²) in [6.07, 6.45) is 1.03. The number of carbonyl (C=O) groups excluding carboxylic acids is 1. The van der Waals surface area contributed by atoms with Crippen molar-refractivity contribution < 1.29 is 17.8 Å². The second kappa shape index (κ2) is 5.33. The van der Waals surface area contributed by atoms with Gasteiger partial charge < -0.3 is 5.32 Å². The third kappa shape index (κ3) is 8.03. The third-order valence-corrected chi connectivity index (χ3v) is 2.28. The van der Waals surface area contributed by atoms with Gasteiger partial charge in [-0.25, -0.2) is 0 Å². The summed E-state index contributed by atoms with van der Waals surface area (Å²) < 4.78 is 29.5. The molecule has 0 aliphatic carbocycles. The highest BCUT2D eigenvalue weighted by Gasteiger charge is 2.25. The molecule has 0 rings (SSSR count). The van der Waals surface area contributed by atoms with E-state index < -0.39 is 27.3 Å². The van der Waals surface area contributed by atoms with Crippen molar-refractivity contribution in [2.24, 2.45) is 0 Å². The van der Waals surface area contributed by atoms with Crippen LogP contribution in [0.4, 0.5) is 0 Å². The zero-order chi connectivity index (χ0) is 10.7. The first-order chi connectivity index (χ1) is 5.66. The van der Waals surface area contributed by atoms with E-state index in [-0.39, 0.29) is 12.4 Å². The van der Waals surface area contributed by atoms with E-state index in [2.05, 4.69) is 11.9 Å². The van der Waals surface area contributed by atoms with Crippen LogP contribution in [0, 0.1) is 0 Å². The molecule has 0 aliphatic heterocycles. The highest BCUT2D eigenvalue weighted by molar-refractivity contribution is 7.85. The van der Waals surface area contributed by atoms with Gasteiger partial charge in [-0.15, -0.1) is 12.4 Å². The molecule has 0 unspecified atom stereocenters. The Morgan fingerprint density at radius 3 is 2.29 bits per heavy atom. The number of halogens is 1. The Bertz CT molecular complexity index is 310. The molecule has 0 saturated carbocycles. The first kappa shape index (κ1) is 15.9. The molecule has 0 heterocycles. The summed E-state index contributed by atoms with van der Waals surface area (Å²) >= 11 is 0. The largest absolute Gasteiger partial charge is 0.347 e. The van der Waals surface area contributed by atoms with E-state index in [1.165, 1.54) is 13.8 Å². The number of carbonyl (C=O) groups is 1. The lowest BCUT2D eigenvalue weighted by Crippen LogP contribution is -2.47. The Morgan fingerprint density at radius 1 is 1.57 bits per heavy atom. The Labute approximate surface area is 89.7 Å². The van der Waals surface area contributed by atoms with Gasteiger partial charge in [0.1, 0.15) is 0 Å². The number of amides is 1. The molecule has 14 heavy (non-hydrogen) atoms. The monoisotopic (exact) mass is 243 g/mol. The normalized spacial score (nSPS) is 11.4. The number of nitrogens with one attached hydrogen (secondary N) is 1. The van der Waals surface area contributed by atoms with Crippen LogP contribution in [0.15, 0.2) is 12.7 Å². The summed E-state index contributed by atoms with van der Waals surface area (Å²) in [5.41, 5.74) is -1.00. The number of hydrogen-bond acceptors (Lipinski definition) is 3. The predicted molar refractivity (Wildman–Crippen MR) is 56.1 cm³/mol. The van der Waals surface area contributed by atoms with Crippen LogP contribution in [0.2, 0.25) is 0 Å². The highest BCUT2D eigenvalue weighted by Crippen LogP contribution is 2.05. The summed E-state index contributed by atoms with van der Waals surface area (Å²) in [7, 11) is -4.08. The summed E-state index contributed by atoms with van der Waals surface area (Å²) in [5, 5.41) is 2.37. The lowest BCUT2D eigenvalue weighted by atomic mass is 10.1. The van der Waals surface area contributed by atoms with E-state index in [1.54, 1.807) is 0 Å². The van der Waals surface area contributed by atoms with Gasteiger partial charge >= 0.3 is 0 Å². The van der Waals surface area contributed by atoms with Crippen molar-refractivity contribution in [1.82, 2.24) is 5.32 Å². The molecule has 0 aromatic heterocycles. The Hall–Kier alpha value is -0.590. The van der Waals surface area contributed by atoms with Crippen LogP contribution in [0.1, 0.15) is 13.8 Å². The van der Waals surface area contributed by atoms with Crippen molar-refractivity contribution in [3.8, 4) is 0 Å². The van der Waals surface area contributed by atoms with E-state index in [0.29, 0.717) is 0 Å². The van der Waals surface area contributed by atoms with Crippen molar-refractivity contribution in [2.75, 3.05) is 5.75 Å². The van der Waals surface area contributed by atoms with E-state index in [1.807, 2.05) is 0 Å². The van der Waals surface area contributed by atoms with E-state index >= 15 is 0 Å². The minimum Gasteiger partial charge on any atom is -0.347 e. The van der Waals surface area contributed by atoms with Gasteiger partial charge in [0, 0.05) is 0 Å². The molecule has 2 N–H and O–H groups in total. The van der Waals surface area contributed by atoms with Crippen LogP contribution in [-0.4, -0.2) is 30.2 Å². The topological polar surface area (TPSA) is 83.5 Å². The molecule has 7 heteroatoms. The van der Waals surface area contributed by atoms with Crippen LogP contribution in [0.5, 0.6) is 0 Å². The van der Waals surface area contributed by atoms with Gasteiger partial charge in [-0.1, -0.05) is 6.58 Å². The van der Waals surface area contributed by atoms with Gasteiger partial charge in [0.05, 0.1) is 11.3 Å². The Morgan fingerprint density at radius 2 is 2.00 bits per heavy atom. The molecule has 1 amide bonds. The molecule has 0 aromatic rings. The lowest BCUT2D eigenvalue weighted by molar-refractivity contribution is -0.117. The average molecular weight is 244 g/mol. The molecule has 84 valence electrons. The van der Waals surface area contributed by atoms with E-state index in [9.17, 15) is 13.2 Å². The first-order valence-corrected chi connectivity index (χ1v) is 5.17. The van der Waals surface area contributed by atoms with Crippen LogP contribution >= 0.6 is 12.4 Å². The summed E-state index contributed by atoms with van der Waals surface area (Å²) in [4.78, 5) is 10.8. The quantitative estimate of drug-likeness (QED) is 0.552. The smallest absolute Gasteiger partial charge is 0.267 e. The van der Waals surface area contributed by atoms with Gasteiger partial charge in [-0.3, -0.25) is 9.35 Å². The van der Waals surface area contributed by atoms with Gasteiger partial charge in [-0.05, 0) is 19.9 Å².